The number of amides is 1. The van der Waals surface area contributed by atoms with E-state index in [1.54, 1.807) is 17.0 Å². The Bertz CT molecular complexity index is 464. The van der Waals surface area contributed by atoms with Crippen LogP contribution in [0.3, 0.4) is 0 Å². The lowest BCUT2D eigenvalue weighted by Gasteiger charge is -2.31. The normalized spacial score (nSPS) is 16.4. The highest BCUT2D eigenvalue weighted by molar-refractivity contribution is 6.48. The van der Waals surface area contributed by atoms with Gasteiger partial charge in [0.15, 0.2) is 0 Å². The van der Waals surface area contributed by atoms with Gasteiger partial charge in [-0.05, 0) is 38.1 Å². The minimum atomic E-state index is -0.0765. The van der Waals surface area contributed by atoms with E-state index in [9.17, 15) is 4.79 Å². The second kappa shape index (κ2) is 6.31. The number of benzene rings is 1. The Hall–Kier alpha value is -0.480. The highest BCUT2D eigenvalue weighted by Crippen LogP contribution is 2.31. The van der Waals surface area contributed by atoms with Crippen molar-refractivity contribution < 1.29 is 4.79 Å². The fourth-order valence-corrected chi connectivity index (χ4v) is 2.84. The Morgan fingerprint density at radius 1 is 1.21 bits per heavy atom. The first-order chi connectivity index (χ1) is 9.00. The highest BCUT2D eigenvalue weighted by atomic mass is 35.5. The first-order valence-electron chi connectivity index (χ1n) is 6.13. The van der Waals surface area contributed by atoms with Crippen molar-refractivity contribution in [1.29, 1.82) is 0 Å². The van der Waals surface area contributed by atoms with Crippen molar-refractivity contribution in [3.8, 4) is 0 Å². The van der Waals surface area contributed by atoms with Gasteiger partial charge in [-0.2, -0.15) is 0 Å². The van der Waals surface area contributed by atoms with Crippen LogP contribution in [0.15, 0.2) is 12.1 Å². The van der Waals surface area contributed by atoms with Gasteiger partial charge in [0.2, 0.25) is 0 Å². The summed E-state index contributed by atoms with van der Waals surface area (Å²) in [5.74, 6) is -0.0765. The van der Waals surface area contributed by atoms with Crippen LogP contribution in [0.4, 0.5) is 0 Å². The molecule has 6 heteroatoms. The van der Waals surface area contributed by atoms with Crippen LogP contribution in [-0.2, 0) is 0 Å². The summed E-state index contributed by atoms with van der Waals surface area (Å²) in [4.78, 5) is 14.2. The molecule has 0 bridgehead atoms. The molecule has 104 valence electrons. The lowest BCUT2D eigenvalue weighted by atomic mass is 10.0. The SMILES string of the molecule is CN(C(=O)c1cc(Cl)c(Cl)c(Cl)c1)C1CCNCC1. The Labute approximate surface area is 127 Å². The molecule has 1 amide bonds. The summed E-state index contributed by atoms with van der Waals surface area (Å²) in [6, 6.07) is 3.38. The number of carbonyl (C=O) groups excluding carboxylic acids is 1. The van der Waals surface area contributed by atoms with E-state index < -0.39 is 0 Å². The fourth-order valence-electron chi connectivity index (χ4n) is 2.24. The molecule has 1 heterocycles. The van der Waals surface area contributed by atoms with Crippen LogP contribution in [0.2, 0.25) is 15.1 Å². The van der Waals surface area contributed by atoms with E-state index in [0.29, 0.717) is 15.6 Å². The third-order valence-electron chi connectivity index (χ3n) is 3.41. The van der Waals surface area contributed by atoms with Crippen LogP contribution >= 0.6 is 34.8 Å². The van der Waals surface area contributed by atoms with E-state index >= 15 is 0 Å². The molecular formula is C13H15Cl3N2O. The summed E-state index contributed by atoms with van der Waals surface area (Å²) < 4.78 is 0. The van der Waals surface area contributed by atoms with Gasteiger partial charge in [0.05, 0.1) is 15.1 Å². The van der Waals surface area contributed by atoms with Gasteiger partial charge < -0.3 is 10.2 Å². The summed E-state index contributed by atoms with van der Waals surface area (Å²) in [6.45, 7) is 1.87. The monoisotopic (exact) mass is 320 g/mol. The zero-order valence-corrected chi connectivity index (χ0v) is 12.8. The average Bonchev–Trinajstić information content (AvgIpc) is 2.43. The van der Waals surface area contributed by atoms with Crippen LogP contribution in [0.1, 0.15) is 23.2 Å². The highest BCUT2D eigenvalue weighted by Gasteiger charge is 2.23. The van der Waals surface area contributed by atoms with E-state index in [4.69, 9.17) is 34.8 Å². The lowest BCUT2D eigenvalue weighted by Crippen LogP contribution is -2.43. The zero-order chi connectivity index (χ0) is 14.0. The fraction of sp³-hybridized carbons (Fsp3) is 0.462. The van der Waals surface area contributed by atoms with Gasteiger partial charge in [-0.3, -0.25) is 4.79 Å². The Balaban J connectivity index is 2.18. The van der Waals surface area contributed by atoms with Crippen molar-refractivity contribution in [2.45, 2.75) is 18.9 Å². The predicted octanol–water partition coefficient (Wildman–Crippen LogP) is 3.47. The first-order valence-corrected chi connectivity index (χ1v) is 7.26. The van der Waals surface area contributed by atoms with Gasteiger partial charge in [-0.25, -0.2) is 0 Å². The molecule has 0 spiro atoms. The van der Waals surface area contributed by atoms with Gasteiger partial charge in [0.25, 0.3) is 5.91 Å². The average molecular weight is 322 g/mol. The number of nitrogens with one attached hydrogen (secondary N) is 1. The first kappa shape index (κ1) is 14.9. The van der Waals surface area contributed by atoms with E-state index in [-0.39, 0.29) is 17.0 Å². The predicted molar refractivity (Wildman–Crippen MR) is 79.5 cm³/mol. The molecule has 0 unspecified atom stereocenters. The van der Waals surface area contributed by atoms with Crippen molar-refractivity contribution in [1.82, 2.24) is 10.2 Å². The molecule has 1 aromatic rings. The third kappa shape index (κ3) is 3.34. The Morgan fingerprint density at radius 3 is 2.26 bits per heavy atom. The lowest BCUT2D eigenvalue weighted by molar-refractivity contribution is 0.0703. The molecule has 0 saturated carbocycles. The molecule has 1 N–H and O–H groups in total. The number of hydrogen-bond donors (Lipinski definition) is 1. The van der Waals surface area contributed by atoms with Crippen molar-refractivity contribution in [2.24, 2.45) is 0 Å². The van der Waals surface area contributed by atoms with Crippen LogP contribution < -0.4 is 5.32 Å². The molecule has 0 aromatic heterocycles. The molecule has 2 rings (SSSR count). The Morgan fingerprint density at radius 2 is 1.74 bits per heavy atom. The summed E-state index contributed by atoms with van der Waals surface area (Å²) in [6.07, 6.45) is 1.91. The quantitative estimate of drug-likeness (QED) is 0.846. The summed E-state index contributed by atoms with van der Waals surface area (Å²) in [7, 11) is 1.81. The maximum Gasteiger partial charge on any atom is 0.253 e. The second-order valence-electron chi connectivity index (χ2n) is 4.65. The number of hydrogen-bond acceptors (Lipinski definition) is 2. The zero-order valence-electron chi connectivity index (χ0n) is 10.5. The number of nitrogens with zero attached hydrogens (tertiary/aromatic N) is 1. The van der Waals surface area contributed by atoms with E-state index in [1.165, 1.54) is 0 Å². The molecule has 1 saturated heterocycles. The van der Waals surface area contributed by atoms with Gasteiger partial charge in [-0.15, -0.1) is 0 Å². The molecule has 19 heavy (non-hydrogen) atoms. The summed E-state index contributed by atoms with van der Waals surface area (Å²) in [5.41, 5.74) is 0.473. The van der Waals surface area contributed by atoms with Gasteiger partial charge in [0, 0.05) is 18.7 Å². The van der Waals surface area contributed by atoms with Crippen molar-refractivity contribution in [2.75, 3.05) is 20.1 Å². The largest absolute Gasteiger partial charge is 0.339 e. The molecule has 1 aliphatic rings. The number of piperidine rings is 1. The van der Waals surface area contributed by atoms with E-state index in [0.717, 1.165) is 25.9 Å². The van der Waals surface area contributed by atoms with Crippen molar-refractivity contribution >= 4 is 40.7 Å². The molecule has 1 aromatic carbocycles. The standard InChI is InChI=1S/C13H15Cl3N2O/c1-18(9-2-4-17-5-3-9)13(19)8-6-10(14)12(16)11(15)7-8/h6-7,9,17H,2-5H2,1H3. The Kier molecular flexibility index (Phi) is 4.96. The molecule has 0 aliphatic carbocycles. The molecule has 0 atom stereocenters. The van der Waals surface area contributed by atoms with Gasteiger partial charge in [0.1, 0.15) is 0 Å². The summed E-state index contributed by atoms with van der Waals surface area (Å²) in [5, 5.41) is 4.16. The maximum absolute atomic E-state index is 12.4. The van der Waals surface area contributed by atoms with Crippen LogP contribution in [0.25, 0.3) is 0 Å². The van der Waals surface area contributed by atoms with E-state index in [2.05, 4.69) is 5.32 Å². The van der Waals surface area contributed by atoms with Gasteiger partial charge >= 0.3 is 0 Å². The molecule has 1 aliphatic heterocycles. The topological polar surface area (TPSA) is 32.3 Å². The summed E-state index contributed by atoms with van der Waals surface area (Å²) >= 11 is 17.8. The smallest absolute Gasteiger partial charge is 0.253 e. The van der Waals surface area contributed by atoms with Crippen LogP contribution in [0, 0.1) is 0 Å². The number of rotatable bonds is 2. The number of carbonyl (C=O) groups is 1. The molecule has 1 fully saturated rings. The maximum atomic E-state index is 12.4. The van der Waals surface area contributed by atoms with Gasteiger partial charge in [-0.1, -0.05) is 34.8 Å². The molecule has 3 nitrogen and oxygen atoms in total. The third-order valence-corrected chi connectivity index (χ3v) is 4.60. The second-order valence-corrected chi connectivity index (χ2v) is 5.84. The van der Waals surface area contributed by atoms with Crippen LogP contribution in [0.5, 0.6) is 0 Å². The van der Waals surface area contributed by atoms with E-state index in [1.807, 2.05) is 7.05 Å². The van der Waals surface area contributed by atoms with Crippen LogP contribution in [-0.4, -0.2) is 37.0 Å². The minimum absolute atomic E-state index is 0.0765. The molecular weight excluding hydrogens is 307 g/mol. The molecule has 0 radical (unpaired) electrons. The minimum Gasteiger partial charge on any atom is -0.339 e. The number of halogens is 3. The van der Waals surface area contributed by atoms with Crippen molar-refractivity contribution in [3.63, 3.8) is 0 Å². The van der Waals surface area contributed by atoms with Crippen molar-refractivity contribution in [3.05, 3.63) is 32.8 Å².